The third-order valence-electron chi connectivity index (χ3n) is 4.09. The molecule has 2 aromatic carbocycles. The van der Waals surface area contributed by atoms with Gasteiger partial charge in [-0.15, -0.1) is 0 Å². The van der Waals surface area contributed by atoms with Crippen LogP contribution in [-0.4, -0.2) is 4.21 Å². The number of rotatable bonds is 6. The Hall–Kier alpha value is -1.41. The molecule has 24 heavy (non-hydrogen) atoms. The number of aryl methyl sites for hydroxylation is 2. The standard InChI is InChI=1S/C22H30OS/c1-15(2)11-19-13-17(5)7-9-21(19)24(23)22-10-8-18(6)14-20(22)12-16(3)4/h7-10,13-16H,11-12H2,1-6H3. The highest BCUT2D eigenvalue weighted by molar-refractivity contribution is 7.85. The van der Waals surface area contributed by atoms with Crippen LogP contribution in [0, 0.1) is 25.7 Å². The largest absolute Gasteiger partial charge is 0.249 e. The van der Waals surface area contributed by atoms with E-state index in [1.807, 2.05) is 0 Å². The van der Waals surface area contributed by atoms with Gasteiger partial charge in [0, 0.05) is 9.79 Å². The molecule has 0 amide bonds. The molecule has 0 saturated heterocycles. The molecule has 2 heteroatoms. The van der Waals surface area contributed by atoms with Gasteiger partial charge in [-0.2, -0.15) is 0 Å². The molecular formula is C22H30OS. The number of hydrogen-bond donors (Lipinski definition) is 0. The van der Waals surface area contributed by atoms with E-state index in [2.05, 4.69) is 77.9 Å². The summed E-state index contributed by atoms with van der Waals surface area (Å²) in [7, 11) is -1.12. The molecular weight excluding hydrogens is 312 g/mol. The first-order chi connectivity index (χ1) is 11.3. The van der Waals surface area contributed by atoms with Crippen LogP contribution in [0.3, 0.4) is 0 Å². The molecule has 0 N–H and O–H groups in total. The summed E-state index contributed by atoms with van der Waals surface area (Å²) >= 11 is 0. The molecule has 0 aliphatic carbocycles. The van der Waals surface area contributed by atoms with Crippen molar-refractivity contribution >= 4 is 10.8 Å². The minimum Gasteiger partial charge on any atom is -0.249 e. The first-order valence-electron chi connectivity index (χ1n) is 8.88. The van der Waals surface area contributed by atoms with Crippen LogP contribution in [-0.2, 0) is 23.6 Å². The second kappa shape index (κ2) is 8.11. The highest BCUT2D eigenvalue weighted by Gasteiger charge is 2.17. The molecule has 0 spiro atoms. The van der Waals surface area contributed by atoms with E-state index in [-0.39, 0.29) is 0 Å². The van der Waals surface area contributed by atoms with Gasteiger partial charge in [0.05, 0.1) is 10.8 Å². The van der Waals surface area contributed by atoms with Crippen molar-refractivity contribution in [2.24, 2.45) is 11.8 Å². The summed E-state index contributed by atoms with van der Waals surface area (Å²) in [5.41, 5.74) is 4.91. The lowest BCUT2D eigenvalue weighted by Crippen LogP contribution is -2.06. The smallest absolute Gasteiger partial charge is 0.0855 e. The van der Waals surface area contributed by atoms with Crippen LogP contribution < -0.4 is 0 Å². The first-order valence-corrected chi connectivity index (χ1v) is 10.0. The van der Waals surface area contributed by atoms with Gasteiger partial charge in [-0.1, -0.05) is 63.1 Å². The zero-order chi connectivity index (χ0) is 17.9. The molecule has 0 atom stereocenters. The maximum absolute atomic E-state index is 13.4. The third-order valence-corrected chi connectivity index (χ3v) is 5.68. The molecule has 0 unspecified atom stereocenters. The average molecular weight is 343 g/mol. The van der Waals surface area contributed by atoms with Crippen molar-refractivity contribution in [2.45, 2.75) is 64.2 Å². The van der Waals surface area contributed by atoms with Gasteiger partial charge < -0.3 is 0 Å². The lowest BCUT2D eigenvalue weighted by Gasteiger charge is -2.16. The Labute approximate surface area is 150 Å². The monoisotopic (exact) mass is 342 g/mol. The Morgan fingerprint density at radius 2 is 1.12 bits per heavy atom. The van der Waals surface area contributed by atoms with Gasteiger partial charge in [-0.05, 0) is 61.8 Å². The van der Waals surface area contributed by atoms with Crippen LogP contribution in [0.4, 0.5) is 0 Å². The molecule has 1 nitrogen and oxygen atoms in total. The van der Waals surface area contributed by atoms with Gasteiger partial charge in [0.1, 0.15) is 0 Å². The van der Waals surface area contributed by atoms with Crippen molar-refractivity contribution in [2.75, 3.05) is 0 Å². The summed E-state index contributed by atoms with van der Waals surface area (Å²) < 4.78 is 13.4. The minimum atomic E-state index is -1.12. The molecule has 2 aromatic rings. The van der Waals surface area contributed by atoms with E-state index >= 15 is 0 Å². The summed E-state index contributed by atoms with van der Waals surface area (Å²) in [6, 6.07) is 12.7. The van der Waals surface area contributed by atoms with Crippen molar-refractivity contribution in [1.82, 2.24) is 0 Å². The van der Waals surface area contributed by atoms with Crippen LogP contribution in [0.2, 0.25) is 0 Å². The Morgan fingerprint density at radius 1 is 0.750 bits per heavy atom. The van der Waals surface area contributed by atoms with E-state index in [0.29, 0.717) is 11.8 Å². The molecule has 0 fully saturated rings. The Morgan fingerprint density at radius 3 is 1.46 bits per heavy atom. The van der Waals surface area contributed by atoms with E-state index in [1.54, 1.807) is 0 Å². The minimum absolute atomic E-state index is 0.552. The molecule has 2 rings (SSSR count). The maximum Gasteiger partial charge on any atom is 0.0855 e. The summed E-state index contributed by atoms with van der Waals surface area (Å²) in [5, 5.41) is 0. The summed E-state index contributed by atoms with van der Waals surface area (Å²) in [4.78, 5) is 1.95. The number of benzene rings is 2. The average Bonchev–Trinajstić information content (AvgIpc) is 2.45. The molecule has 0 aliphatic heterocycles. The zero-order valence-electron chi connectivity index (χ0n) is 15.8. The van der Waals surface area contributed by atoms with E-state index in [9.17, 15) is 4.21 Å². The second-order valence-electron chi connectivity index (χ2n) is 7.69. The van der Waals surface area contributed by atoms with Crippen molar-refractivity contribution in [3.05, 3.63) is 58.7 Å². The lowest BCUT2D eigenvalue weighted by molar-refractivity contribution is 0.632. The first kappa shape index (κ1) is 18.9. The Kier molecular flexibility index (Phi) is 6.40. The number of hydrogen-bond acceptors (Lipinski definition) is 1. The predicted molar refractivity (Wildman–Crippen MR) is 104 cm³/mol. The molecule has 130 valence electrons. The van der Waals surface area contributed by atoms with E-state index in [4.69, 9.17) is 0 Å². The van der Waals surface area contributed by atoms with Gasteiger partial charge >= 0.3 is 0 Å². The van der Waals surface area contributed by atoms with Gasteiger partial charge in [0.2, 0.25) is 0 Å². The van der Waals surface area contributed by atoms with Gasteiger partial charge in [-0.3, -0.25) is 0 Å². The van der Waals surface area contributed by atoms with E-state index < -0.39 is 10.8 Å². The van der Waals surface area contributed by atoms with Gasteiger partial charge in [0.25, 0.3) is 0 Å². The fourth-order valence-corrected chi connectivity index (χ4v) is 4.48. The lowest BCUT2D eigenvalue weighted by atomic mass is 10.0. The van der Waals surface area contributed by atoms with Crippen molar-refractivity contribution in [3.8, 4) is 0 Å². The van der Waals surface area contributed by atoms with Crippen molar-refractivity contribution < 1.29 is 4.21 Å². The van der Waals surface area contributed by atoms with Crippen molar-refractivity contribution in [1.29, 1.82) is 0 Å². The van der Waals surface area contributed by atoms with Crippen LogP contribution in [0.1, 0.15) is 49.9 Å². The third kappa shape index (κ3) is 4.80. The summed E-state index contributed by atoms with van der Waals surface area (Å²) in [6.45, 7) is 13.1. The quantitative estimate of drug-likeness (QED) is 0.642. The molecule has 0 bridgehead atoms. The van der Waals surface area contributed by atoms with Crippen LogP contribution in [0.25, 0.3) is 0 Å². The maximum atomic E-state index is 13.4. The molecule has 0 aliphatic rings. The van der Waals surface area contributed by atoms with Crippen LogP contribution in [0.15, 0.2) is 46.2 Å². The highest BCUT2D eigenvalue weighted by atomic mass is 32.2. The van der Waals surface area contributed by atoms with Crippen molar-refractivity contribution in [3.63, 3.8) is 0 Å². The zero-order valence-corrected chi connectivity index (χ0v) is 16.7. The van der Waals surface area contributed by atoms with Gasteiger partial charge in [-0.25, -0.2) is 4.21 Å². The SMILES string of the molecule is Cc1ccc(S(=O)c2ccc(C)cc2CC(C)C)c(CC(C)C)c1. The summed E-state index contributed by atoms with van der Waals surface area (Å²) in [5.74, 6) is 1.10. The summed E-state index contributed by atoms with van der Waals surface area (Å²) in [6.07, 6.45) is 1.93. The Bertz CT molecular complexity index is 667. The normalized spacial score (nSPS) is 11.7. The van der Waals surface area contributed by atoms with E-state index in [0.717, 1.165) is 22.6 Å². The van der Waals surface area contributed by atoms with Gasteiger partial charge in [0.15, 0.2) is 0 Å². The fourth-order valence-electron chi connectivity index (χ4n) is 3.10. The molecule has 0 radical (unpaired) electrons. The van der Waals surface area contributed by atoms with Crippen LogP contribution >= 0.6 is 0 Å². The predicted octanol–water partition coefficient (Wildman–Crippen LogP) is 5.87. The van der Waals surface area contributed by atoms with Crippen LogP contribution in [0.5, 0.6) is 0 Å². The second-order valence-corrected chi connectivity index (χ2v) is 9.10. The fraction of sp³-hybridized carbons (Fsp3) is 0.455. The Balaban J connectivity index is 2.49. The topological polar surface area (TPSA) is 17.1 Å². The van der Waals surface area contributed by atoms with E-state index in [1.165, 1.54) is 22.3 Å². The molecule has 0 aromatic heterocycles. The molecule has 0 saturated carbocycles. The molecule has 0 heterocycles. The highest BCUT2D eigenvalue weighted by Crippen LogP contribution is 2.27.